The fourth-order valence-corrected chi connectivity index (χ4v) is 7.81. The van der Waals surface area contributed by atoms with E-state index in [1.54, 1.807) is 0 Å². The second-order valence-electron chi connectivity index (χ2n) is 10.5. The number of pyridine rings is 1. The van der Waals surface area contributed by atoms with Gasteiger partial charge < -0.3 is 15.5 Å². The maximum Gasteiger partial charge on any atom is 0.222 e. The Bertz CT molecular complexity index is 1160. The number of aryl methyl sites for hydroxylation is 2. The van der Waals surface area contributed by atoms with Gasteiger partial charge in [-0.3, -0.25) is 9.78 Å². The third-order valence-corrected chi connectivity index (χ3v) is 9.57. The lowest BCUT2D eigenvalue weighted by molar-refractivity contribution is -0.134. The predicted octanol–water partition coefficient (Wildman–Crippen LogP) is 6.26. The van der Waals surface area contributed by atoms with Crippen LogP contribution in [0.15, 0.2) is 45.7 Å². The van der Waals surface area contributed by atoms with E-state index in [2.05, 4.69) is 60.4 Å². The minimum Gasteiger partial charge on any atom is -0.386 e. The number of aromatic nitrogens is 1. The first-order valence-electron chi connectivity index (χ1n) is 12.9. The normalized spacial score (nSPS) is 21.0. The molecule has 2 saturated heterocycles. The van der Waals surface area contributed by atoms with Crippen molar-refractivity contribution < 1.29 is 4.79 Å². The van der Waals surface area contributed by atoms with Gasteiger partial charge in [0.15, 0.2) is 0 Å². The fraction of sp³-hybridized carbons (Fsp3) is 0.500. The van der Waals surface area contributed by atoms with Gasteiger partial charge in [0.05, 0.1) is 11.5 Å². The highest BCUT2D eigenvalue weighted by molar-refractivity contribution is 9.10. The Morgan fingerprint density at radius 3 is 2.39 bits per heavy atom. The van der Waals surface area contributed by atoms with Gasteiger partial charge in [-0.1, -0.05) is 34.1 Å². The third kappa shape index (κ3) is 5.48. The number of rotatable bonds is 4. The molecule has 2 aliphatic heterocycles. The van der Waals surface area contributed by atoms with Gasteiger partial charge in [-0.15, -0.1) is 0 Å². The number of halogens is 3. The largest absolute Gasteiger partial charge is 0.386 e. The molecule has 2 N–H and O–H groups in total. The summed E-state index contributed by atoms with van der Waals surface area (Å²) in [5, 5.41) is 0.765. The Kier molecular flexibility index (Phi) is 7.99. The molecule has 0 saturated carbocycles. The van der Waals surface area contributed by atoms with Crippen LogP contribution in [0, 0.1) is 11.8 Å². The molecule has 2 fully saturated rings. The number of hydrogen-bond acceptors (Lipinski definition) is 4. The molecule has 5 nitrogen and oxygen atoms in total. The predicted molar refractivity (Wildman–Crippen MR) is 152 cm³/mol. The van der Waals surface area contributed by atoms with Crippen molar-refractivity contribution >= 4 is 49.4 Å². The first kappa shape index (κ1) is 26.1. The summed E-state index contributed by atoms with van der Waals surface area (Å²) in [6.45, 7) is 7.27. The molecule has 1 aromatic heterocycles. The molecule has 8 heteroatoms. The molecular weight excluding hydrogens is 604 g/mol. The minimum atomic E-state index is 0.197. The average Bonchev–Trinajstić information content (AvgIpc) is 3.01. The van der Waals surface area contributed by atoms with Crippen LogP contribution in [0.4, 0.5) is 0 Å². The molecule has 0 unspecified atom stereocenters. The number of likely N-dealkylation sites (tertiary alicyclic amines) is 2. The van der Waals surface area contributed by atoms with Crippen LogP contribution in [-0.2, 0) is 17.6 Å². The van der Waals surface area contributed by atoms with Crippen LogP contribution in [0.1, 0.15) is 60.4 Å². The molecule has 1 amide bonds. The number of carbonyl (C=O) groups is 1. The van der Waals surface area contributed by atoms with Crippen molar-refractivity contribution in [2.45, 2.75) is 50.9 Å². The highest BCUT2D eigenvalue weighted by Gasteiger charge is 2.36. The molecule has 5 rings (SSSR count). The van der Waals surface area contributed by atoms with E-state index in [-0.39, 0.29) is 5.92 Å². The zero-order valence-corrected chi connectivity index (χ0v) is 24.4. The molecule has 0 radical (unpaired) electrons. The van der Waals surface area contributed by atoms with Gasteiger partial charge in [0.25, 0.3) is 0 Å². The summed E-state index contributed by atoms with van der Waals surface area (Å²) >= 11 is 13.9. The van der Waals surface area contributed by atoms with E-state index >= 15 is 0 Å². The van der Waals surface area contributed by atoms with Gasteiger partial charge in [-0.2, -0.15) is 0 Å². The summed E-state index contributed by atoms with van der Waals surface area (Å²) < 4.78 is 2.09. The van der Waals surface area contributed by atoms with E-state index in [0.717, 1.165) is 78.7 Å². The lowest BCUT2D eigenvalue weighted by Crippen LogP contribution is -2.42. The maximum absolute atomic E-state index is 13.2. The zero-order chi connectivity index (χ0) is 25.4. The number of nitrogens with zero attached hydrogens (tertiary/aromatic N) is 3. The van der Waals surface area contributed by atoms with Gasteiger partial charge in [-0.05, 0) is 101 Å². The number of amides is 1. The van der Waals surface area contributed by atoms with Crippen molar-refractivity contribution in [3.63, 3.8) is 0 Å². The van der Waals surface area contributed by atoms with E-state index in [1.165, 1.54) is 22.4 Å². The van der Waals surface area contributed by atoms with Crippen LogP contribution in [0.2, 0.25) is 5.02 Å². The average molecular weight is 637 g/mol. The molecule has 2 aromatic rings. The number of benzene rings is 1. The number of hydrogen-bond donors (Lipinski definition) is 1. The second-order valence-corrected chi connectivity index (χ2v) is 12.7. The molecule has 1 atom stereocenters. The summed E-state index contributed by atoms with van der Waals surface area (Å²) in [6.07, 6.45) is 8.43. The molecule has 1 aromatic carbocycles. The van der Waals surface area contributed by atoms with Crippen LogP contribution in [0.3, 0.4) is 0 Å². The Balaban J connectivity index is 1.31. The molecule has 3 aliphatic rings. The molecule has 0 bridgehead atoms. The van der Waals surface area contributed by atoms with Gasteiger partial charge in [-0.25, -0.2) is 0 Å². The van der Waals surface area contributed by atoms with Crippen molar-refractivity contribution in [1.29, 1.82) is 0 Å². The van der Waals surface area contributed by atoms with Gasteiger partial charge >= 0.3 is 0 Å². The molecule has 3 heterocycles. The van der Waals surface area contributed by atoms with Crippen molar-refractivity contribution in [3.8, 4) is 0 Å². The maximum atomic E-state index is 13.2. The molecule has 1 aliphatic carbocycles. The summed E-state index contributed by atoms with van der Waals surface area (Å²) in [5.41, 5.74) is 11.0. The summed E-state index contributed by atoms with van der Waals surface area (Å²) in [6, 6.07) is 6.36. The lowest BCUT2D eigenvalue weighted by atomic mass is 9.76. The first-order valence-corrected chi connectivity index (χ1v) is 14.9. The lowest BCUT2D eigenvalue weighted by Gasteiger charge is -2.38. The second kappa shape index (κ2) is 11.0. The fourth-order valence-electron chi connectivity index (χ4n) is 6.31. The van der Waals surface area contributed by atoms with E-state index < -0.39 is 0 Å². The third-order valence-electron chi connectivity index (χ3n) is 8.27. The monoisotopic (exact) mass is 634 g/mol. The SMILES string of the molecule is C=C(N)N1CCC(CC(=O)N2CCC([C@H]3c4ncc(Br)cc4CCc4cc(Cl)cc(Br)c43)CC2)CC1. The Labute approximate surface area is 235 Å². The number of carbonyl (C=O) groups excluding carboxylic acids is 1. The van der Waals surface area contributed by atoms with Crippen LogP contribution in [0.25, 0.3) is 0 Å². The summed E-state index contributed by atoms with van der Waals surface area (Å²) in [4.78, 5) is 22.3. The van der Waals surface area contributed by atoms with Gasteiger partial charge in [0.1, 0.15) is 0 Å². The van der Waals surface area contributed by atoms with Crippen LogP contribution < -0.4 is 5.73 Å². The van der Waals surface area contributed by atoms with Crippen LogP contribution >= 0.6 is 43.5 Å². The van der Waals surface area contributed by atoms with Crippen LogP contribution in [-0.4, -0.2) is 46.9 Å². The van der Waals surface area contributed by atoms with Crippen molar-refractivity contribution in [2.75, 3.05) is 26.2 Å². The summed E-state index contributed by atoms with van der Waals surface area (Å²) in [5.74, 6) is 2.00. The Morgan fingerprint density at radius 2 is 1.69 bits per heavy atom. The Hall–Kier alpha value is -1.57. The molecular formula is C28H33Br2ClN4O. The smallest absolute Gasteiger partial charge is 0.222 e. The van der Waals surface area contributed by atoms with E-state index in [0.29, 0.717) is 30.0 Å². The van der Waals surface area contributed by atoms with Crippen molar-refractivity contribution in [1.82, 2.24) is 14.8 Å². The number of fused-ring (bicyclic) bond motifs is 2. The molecule has 192 valence electrons. The van der Waals surface area contributed by atoms with Gasteiger partial charge in [0.2, 0.25) is 5.91 Å². The minimum absolute atomic E-state index is 0.197. The number of nitrogens with two attached hydrogens (primary N) is 1. The Morgan fingerprint density at radius 1 is 1.03 bits per heavy atom. The standard InChI is InChI=1S/C28H33Br2ClN4O/c1-17(32)34-8-4-18(5-9-34)12-25(36)35-10-6-19(7-11-35)27-26-20(14-23(31)15-24(26)30)2-3-21-13-22(29)16-33-28(21)27/h13-16,18-19,27H,1-12,32H2/t27-/m1/s1. The molecule has 0 spiro atoms. The van der Waals surface area contributed by atoms with Crippen molar-refractivity contribution in [3.05, 3.63) is 73.1 Å². The topological polar surface area (TPSA) is 62.5 Å². The quantitative estimate of drug-likeness (QED) is 0.431. The highest BCUT2D eigenvalue weighted by Crippen LogP contribution is 2.46. The van der Waals surface area contributed by atoms with E-state index in [4.69, 9.17) is 22.3 Å². The summed E-state index contributed by atoms with van der Waals surface area (Å²) in [7, 11) is 0. The highest BCUT2D eigenvalue weighted by atomic mass is 79.9. The first-order chi connectivity index (χ1) is 17.3. The van der Waals surface area contributed by atoms with E-state index in [9.17, 15) is 4.79 Å². The van der Waals surface area contributed by atoms with Crippen molar-refractivity contribution in [2.24, 2.45) is 17.6 Å². The van der Waals surface area contributed by atoms with E-state index in [1.807, 2.05) is 12.3 Å². The van der Waals surface area contributed by atoms with Gasteiger partial charge in [0, 0.05) is 58.7 Å². The van der Waals surface area contributed by atoms with Crippen LogP contribution in [0.5, 0.6) is 0 Å². The number of piperidine rings is 2. The zero-order valence-electron chi connectivity index (χ0n) is 20.5. The molecule has 36 heavy (non-hydrogen) atoms.